The summed E-state index contributed by atoms with van der Waals surface area (Å²) in [5, 5.41) is 5.55. The number of rotatable bonds is 11. The van der Waals surface area contributed by atoms with Crippen molar-refractivity contribution in [3.05, 3.63) is 34.5 Å². The van der Waals surface area contributed by atoms with Gasteiger partial charge in [0.1, 0.15) is 17.4 Å². The summed E-state index contributed by atoms with van der Waals surface area (Å²) in [6.07, 6.45) is -2.86. The van der Waals surface area contributed by atoms with Crippen LogP contribution in [0, 0.1) is 0 Å². The number of aromatic nitrogens is 2. The molecule has 1 aromatic heterocycles. The van der Waals surface area contributed by atoms with E-state index in [4.69, 9.17) is 21.1 Å². The number of carbonyl (C=O) groups excluding carboxylic acids is 1. The van der Waals surface area contributed by atoms with Gasteiger partial charge in [0.15, 0.2) is 0 Å². The number of sulfonamides is 1. The first-order valence-corrected chi connectivity index (χ1v) is 14.1. The molecule has 1 aromatic carbocycles. The minimum Gasteiger partial charge on any atom is -0.495 e. The van der Waals surface area contributed by atoms with Crippen LogP contribution in [0.3, 0.4) is 0 Å². The number of anilines is 2. The molecule has 2 aromatic rings. The summed E-state index contributed by atoms with van der Waals surface area (Å²) in [7, 11) is 1.47. The molecule has 1 aliphatic rings. The Morgan fingerprint density at radius 3 is 2.59 bits per heavy atom. The van der Waals surface area contributed by atoms with Crippen molar-refractivity contribution in [3.8, 4) is 11.6 Å². The van der Waals surface area contributed by atoms with Crippen molar-refractivity contribution in [2.45, 2.75) is 37.6 Å². The summed E-state index contributed by atoms with van der Waals surface area (Å²) in [4.78, 5) is 22.1. The van der Waals surface area contributed by atoms with Crippen LogP contribution in [0.15, 0.2) is 18.3 Å². The van der Waals surface area contributed by atoms with Crippen LogP contribution in [0.2, 0.25) is 5.02 Å². The summed E-state index contributed by atoms with van der Waals surface area (Å²) in [5.74, 6) is -1.28. The summed E-state index contributed by atoms with van der Waals surface area (Å²) in [6, 6.07) is 2.05. The van der Waals surface area contributed by atoms with Gasteiger partial charge in [-0.25, -0.2) is 18.1 Å². The Hall–Kier alpha value is -2.88. The fourth-order valence-corrected chi connectivity index (χ4v) is 5.00. The number of nitrogens with zero attached hydrogens (tertiary/aromatic N) is 3. The molecule has 1 fully saturated rings. The molecule has 0 radical (unpaired) electrons. The molecule has 2 atom stereocenters. The Labute approximate surface area is 229 Å². The summed E-state index contributed by atoms with van der Waals surface area (Å²) in [6.45, 7) is 0.996. The third kappa shape index (κ3) is 8.55. The normalized spacial score (nSPS) is 17.8. The Kier molecular flexibility index (Phi) is 9.85. The van der Waals surface area contributed by atoms with E-state index in [1.807, 2.05) is 19.0 Å². The lowest BCUT2D eigenvalue weighted by Crippen LogP contribution is -2.42. The van der Waals surface area contributed by atoms with E-state index in [1.165, 1.54) is 19.2 Å². The van der Waals surface area contributed by atoms with Crippen LogP contribution in [0.1, 0.15) is 35.2 Å². The van der Waals surface area contributed by atoms with Crippen LogP contribution in [0.5, 0.6) is 11.6 Å². The predicted octanol–water partition coefficient (Wildman–Crippen LogP) is 3.04. The van der Waals surface area contributed by atoms with E-state index in [-0.39, 0.29) is 28.0 Å². The van der Waals surface area contributed by atoms with Gasteiger partial charge in [-0.1, -0.05) is 11.6 Å². The molecule has 216 valence electrons. The molecule has 3 rings (SSSR count). The Balaban J connectivity index is 1.88. The van der Waals surface area contributed by atoms with Crippen molar-refractivity contribution in [1.82, 2.24) is 24.9 Å². The molecule has 3 N–H and O–H groups in total. The second-order valence-electron chi connectivity index (χ2n) is 9.21. The van der Waals surface area contributed by atoms with E-state index >= 15 is 0 Å². The topological polar surface area (TPSA) is 135 Å². The first kappa shape index (κ1) is 30.7. The maximum Gasteiger partial charge on any atom is 0.423 e. The summed E-state index contributed by atoms with van der Waals surface area (Å²) in [5.41, 5.74) is -0.885. The maximum atomic E-state index is 13.7. The Morgan fingerprint density at radius 1 is 1.26 bits per heavy atom. The molecule has 1 amide bonds. The lowest BCUT2D eigenvalue weighted by atomic mass is 10.1. The number of amides is 1. The molecule has 39 heavy (non-hydrogen) atoms. The van der Waals surface area contributed by atoms with E-state index in [0.29, 0.717) is 38.5 Å². The maximum absolute atomic E-state index is 13.7. The van der Waals surface area contributed by atoms with E-state index < -0.39 is 45.7 Å². The molecular formula is C23H30ClF3N6O5S. The third-order valence-electron chi connectivity index (χ3n) is 5.77. The predicted molar refractivity (Wildman–Crippen MR) is 139 cm³/mol. The van der Waals surface area contributed by atoms with Crippen molar-refractivity contribution < 1.29 is 35.9 Å². The third-order valence-corrected chi connectivity index (χ3v) is 6.81. The molecule has 0 unspecified atom stereocenters. The SMILES string of the molecule is COc1cc(C(=O)NCCN(C)C)c(Cl)cc1Nc1ncc(C(F)(F)F)c(O[C@@H]2CCC[C@H]2NS(C)(=O)=O)n1. The molecule has 11 nitrogen and oxygen atoms in total. The van der Waals surface area contributed by atoms with Crippen molar-refractivity contribution in [1.29, 1.82) is 0 Å². The van der Waals surface area contributed by atoms with E-state index in [9.17, 15) is 26.4 Å². The number of likely N-dealkylation sites (N-methyl/N-ethyl adjacent to an activating group) is 1. The van der Waals surface area contributed by atoms with Gasteiger partial charge in [-0.15, -0.1) is 0 Å². The fraction of sp³-hybridized carbons (Fsp3) is 0.522. The second kappa shape index (κ2) is 12.5. The van der Waals surface area contributed by atoms with Crippen LogP contribution >= 0.6 is 11.6 Å². The number of ether oxygens (including phenoxy) is 2. The quantitative estimate of drug-likeness (QED) is 0.359. The minimum atomic E-state index is -4.82. The van der Waals surface area contributed by atoms with Crippen LogP contribution in [0.4, 0.5) is 24.8 Å². The molecule has 0 bridgehead atoms. The van der Waals surface area contributed by atoms with Crippen LogP contribution in [-0.2, 0) is 16.2 Å². The molecular weight excluding hydrogens is 565 g/mol. The molecule has 16 heteroatoms. The largest absolute Gasteiger partial charge is 0.495 e. The standard InChI is InChI=1S/C23H30ClF3N6O5S/c1-33(2)9-8-28-20(34)13-10-19(37-3)17(11-15(13)24)30-22-29-12-14(23(25,26)27)21(31-22)38-18-7-5-6-16(18)32-39(4,35)36/h10-12,16,18,32H,5-9H2,1-4H3,(H,28,34)(H,29,30,31)/t16-,18-/m1/s1. The fourth-order valence-electron chi connectivity index (χ4n) is 3.93. The smallest absolute Gasteiger partial charge is 0.423 e. The van der Waals surface area contributed by atoms with Crippen LogP contribution < -0.4 is 24.8 Å². The number of methoxy groups -OCH3 is 1. The molecule has 0 saturated heterocycles. The lowest BCUT2D eigenvalue weighted by Gasteiger charge is -2.23. The average molecular weight is 595 g/mol. The van der Waals surface area contributed by atoms with Gasteiger partial charge in [0, 0.05) is 19.3 Å². The zero-order valence-electron chi connectivity index (χ0n) is 21.7. The van der Waals surface area contributed by atoms with Gasteiger partial charge in [0.2, 0.25) is 21.9 Å². The van der Waals surface area contributed by atoms with Gasteiger partial charge in [-0.3, -0.25) is 4.79 Å². The van der Waals surface area contributed by atoms with Crippen molar-refractivity contribution >= 4 is 39.2 Å². The number of halogens is 4. The number of alkyl halides is 3. The number of carbonyl (C=O) groups is 1. The zero-order chi connectivity index (χ0) is 29.0. The molecule has 0 aliphatic heterocycles. The number of benzene rings is 1. The Morgan fingerprint density at radius 2 is 1.97 bits per heavy atom. The highest BCUT2D eigenvalue weighted by Crippen LogP contribution is 2.38. The number of nitrogens with one attached hydrogen (secondary N) is 3. The van der Waals surface area contributed by atoms with Gasteiger partial charge >= 0.3 is 6.18 Å². The second-order valence-corrected chi connectivity index (χ2v) is 11.4. The highest BCUT2D eigenvalue weighted by Gasteiger charge is 2.39. The molecule has 1 saturated carbocycles. The minimum absolute atomic E-state index is 0.0599. The van der Waals surface area contributed by atoms with Gasteiger partial charge in [-0.2, -0.15) is 18.2 Å². The van der Waals surface area contributed by atoms with Crippen molar-refractivity contribution in [3.63, 3.8) is 0 Å². The number of hydrogen-bond donors (Lipinski definition) is 3. The summed E-state index contributed by atoms with van der Waals surface area (Å²) < 4.78 is 77.8. The van der Waals surface area contributed by atoms with E-state index in [0.717, 1.165) is 6.26 Å². The molecule has 0 spiro atoms. The Bertz CT molecular complexity index is 1300. The number of hydrogen-bond acceptors (Lipinski definition) is 9. The monoisotopic (exact) mass is 594 g/mol. The molecule has 1 heterocycles. The van der Waals surface area contributed by atoms with E-state index in [1.54, 1.807) is 0 Å². The average Bonchev–Trinajstić information content (AvgIpc) is 3.23. The van der Waals surface area contributed by atoms with Crippen molar-refractivity contribution in [2.75, 3.05) is 45.9 Å². The van der Waals surface area contributed by atoms with Crippen LogP contribution in [-0.4, -0.2) is 81.9 Å². The summed E-state index contributed by atoms with van der Waals surface area (Å²) >= 11 is 6.32. The highest BCUT2D eigenvalue weighted by atomic mass is 35.5. The highest BCUT2D eigenvalue weighted by molar-refractivity contribution is 7.88. The van der Waals surface area contributed by atoms with Gasteiger partial charge < -0.3 is 25.0 Å². The first-order valence-electron chi connectivity index (χ1n) is 11.8. The van der Waals surface area contributed by atoms with E-state index in [2.05, 4.69) is 25.3 Å². The lowest BCUT2D eigenvalue weighted by molar-refractivity contribution is -0.140. The first-order chi connectivity index (χ1) is 18.2. The van der Waals surface area contributed by atoms with Gasteiger partial charge in [0.25, 0.3) is 5.91 Å². The van der Waals surface area contributed by atoms with Crippen molar-refractivity contribution in [2.24, 2.45) is 0 Å². The molecule has 1 aliphatic carbocycles. The van der Waals surface area contributed by atoms with Gasteiger partial charge in [0.05, 0.1) is 35.7 Å². The van der Waals surface area contributed by atoms with Crippen LogP contribution in [0.25, 0.3) is 0 Å². The zero-order valence-corrected chi connectivity index (χ0v) is 23.3. The van der Waals surface area contributed by atoms with Gasteiger partial charge in [-0.05, 0) is 45.5 Å².